The molecule has 2 aromatic carbocycles. The predicted molar refractivity (Wildman–Crippen MR) is 74.1 cm³/mol. The molecule has 1 unspecified atom stereocenters. The van der Waals surface area contributed by atoms with E-state index in [1.165, 1.54) is 23.4 Å². The van der Waals surface area contributed by atoms with E-state index in [0.29, 0.717) is 12.4 Å². The van der Waals surface area contributed by atoms with Crippen molar-refractivity contribution in [3.63, 3.8) is 0 Å². The van der Waals surface area contributed by atoms with Crippen molar-refractivity contribution in [1.82, 2.24) is 0 Å². The maximum atomic E-state index is 13.0. The first-order chi connectivity index (χ1) is 9.31. The number of benzene rings is 2. The van der Waals surface area contributed by atoms with Gasteiger partial charge in [-0.3, -0.25) is 0 Å². The van der Waals surface area contributed by atoms with Crippen LogP contribution in [-0.4, -0.2) is 12.6 Å². The van der Waals surface area contributed by atoms with Crippen LogP contribution in [0.4, 0.5) is 10.1 Å². The largest absolute Gasteiger partial charge is 0.491 e. The first kappa shape index (κ1) is 12.0. The zero-order chi connectivity index (χ0) is 13.1. The van der Waals surface area contributed by atoms with Crippen molar-refractivity contribution < 1.29 is 9.13 Å². The lowest BCUT2D eigenvalue weighted by Crippen LogP contribution is -2.31. The van der Waals surface area contributed by atoms with Crippen LogP contribution in [0.5, 0.6) is 5.75 Å². The standard InChI is InChI=1S/C16H16FNO/c17-13-5-3-6-15(10-13)19-11-14-9-8-12-4-1-2-7-16(12)18-14/h1-7,10,14,18H,8-9,11H2. The van der Waals surface area contributed by atoms with Crippen LogP contribution in [0.15, 0.2) is 48.5 Å². The predicted octanol–water partition coefficient (Wildman–Crippen LogP) is 3.63. The van der Waals surface area contributed by atoms with Crippen molar-refractivity contribution in [2.45, 2.75) is 18.9 Å². The molecule has 0 amide bonds. The summed E-state index contributed by atoms with van der Waals surface area (Å²) in [6.45, 7) is 0.553. The molecule has 1 N–H and O–H groups in total. The molecule has 0 radical (unpaired) electrons. The molecule has 0 fully saturated rings. The zero-order valence-corrected chi connectivity index (χ0v) is 10.6. The highest BCUT2D eigenvalue weighted by Gasteiger charge is 2.17. The van der Waals surface area contributed by atoms with E-state index in [0.717, 1.165) is 12.8 Å². The molecule has 1 aliphatic heterocycles. The molecule has 3 heteroatoms. The number of hydrogen-bond donors (Lipinski definition) is 1. The second-order valence-corrected chi connectivity index (χ2v) is 4.81. The van der Waals surface area contributed by atoms with Crippen LogP contribution in [0, 0.1) is 5.82 Å². The Balaban J connectivity index is 1.61. The molecule has 98 valence electrons. The Hall–Kier alpha value is -2.03. The minimum absolute atomic E-state index is 0.264. The lowest BCUT2D eigenvalue weighted by molar-refractivity contribution is 0.288. The van der Waals surface area contributed by atoms with Gasteiger partial charge in [0.1, 0.15) is 18.2 Å². The summed E-state index contributed by atoms with van der Waals surface area (Å²) < 4.78 is 18.7. The van der Waals surface area contributed by atoms with E-state index in [4.69, 9.17) is 4.74 Å². The number of para-hydroxylation sites is 1. The van der Waals surface area contributed by atoms with Crippen molar-refractivity contribution in [2.75, 3.05) is 11.9 Å². The molecule has 2 nitrogen and oxygen atoms in total. The molecule has 1 aliphatic rings. The van der Waals surface area contributed by atoms with E-state index in [9.17, 15) is 4.39 Å². The Labute approximate surface area is 112 Å². The first-order valence-electron chi connectivity index (χ1n) is 6.54. The highest BCUT2D eigenvalue weighted by Crippen LogP contribution is 2.24. The molecule has 0 spiro atoms. The topological polar surface area (TPSA) is 21.3 Å². The molecule has 0 bridgehead atoms. The zero-order valence-electron chi connectivity index (χ0n) is 10.6. The minimum atomic E-state index is -0.264. The Kier molecular flexibility index (Phi) is 3.36. The third-order valence-electron chi connectivity index (χ3n) is 3.39. The Morgan fingerprint density at radius 2 is 2.05 bits per heavy atom. The maximum absolute atomic E-state index is 13.0. The Morgan fingerprint density at radius 3 is 2.95 bits per heavy atom. The van der Waals surface area contributed by atoms with Crippen LogP contribution in [0.25, 0.3) is 0 Å². The van der Waals surface area contributed by atoms with E-state index in [-0.39, 0.29) is 11.9 Å². The number of hydrogen-bond acceptors (Lipinski definition) is 2. The van der Waals surface area contributed by atoms with Gasteiger partial charge in [0, 0.05) is 11.8 Å². The van der Waals surface area contributed by atoms with Gasteiger partial charge in [0.15, 0.2) is 0 Å². The average Bonchev–Trinajstić information content (AvgIpc) is 2.45. The minimum Gasteiger partial charge on any atom is -0.491 e. The highest BCUT2D eigenvalue weighted by molar-refractivity contribution is 5.53. The summed E-state index contributed by atoms with van der Waals surface area (Å²) in [4.78, 5) is 0. The summed E-state index contributed by atoms with van der Waals surface area (Å²) >= 11 is 0. The van der Waals surface area contributed by atoms with Gasteiger partial charge in [-0.2, -0.15) is 0 Å². The van der Waals surface area contributed by atoms with Gasteiger partial charge < -0.3 is 10.1 Å². The first-order valence-corrected chi connectivity index (χ1v) is 6.54. The van der Waals surface area contributed by atoms with Gasteiger partial charge in [0.25, 0.3) is 0 Å². The molecular weight excluding hydrogens is 241 g/mol. The van der Waals surface area contributed by atoms with E-state index in [1.54, 1.807) is 12.1 Å². The summed E-state index contributed by atoms with van der Waals surface area (Å²) in [6.07, 6.45) is 2.09. The highest BCUT2D eigenvalue weighted by atomic mass is 19.1. The van der Waals surface area contributed by atoms with Crippen molar-refractivity contribution in [1.29, 1.82) is 0 Å². The smallest absolute Gasteiger partial charge is 0.126 e. The fourth-order valence-corrected chi connectivity index (χ4v) is 2.38. The lowest BCUT2D eigenvalue weighted by Gasteiger charge is -2.27. The van der Waals surface area contributed by atoms with E-state index in [2.05, 4.69) is 23.5 Å². The summed E-state index contributed by atoms with van der Waals surface area (Å²) in [7, 11) is 0. The second-order valence-electron chi connectivity index (χ2n) is 4.81. The third kappa shape index (κ3) is 2.87. The summed E-state index contributed by atoms with van der Waals surface area (Å²) in [5, 5.41) is 3.46. The number of ether oxygens (including phenoxy) is 1. The molecule has 0 saturated heterocycles. The van der Waals surface area contributed by atoms with Crippen LogP contribution in [0.2, 0.25) is 0 Å². The van der Waals surface area contributed by atoms with E-state index in [1.807, 2.05) is 6.07 Å². The summed E-state index contributed by atoms with van der Waals surface area (Å²) in [5.41, 5.74) is 2.53. The third-order valence-corrected chi connectivity index (χ3v) is 3.39. The van der Waals surface area contributed by atoms with Crippen molar-refractivity contribution in [3.05, 3.63) is 59.9 Å². The fourth-order valence-electron chi connectivity index (χ4n) is 2.38. The molecule has 1 heterocycles. The molecule has 0 saturated carbocycles. The fraction of sp³-hybridized carbons (Fsp3) is 0.250. The van der Waals surface area contributed by atoms with E-state index >= 15 is 0 Å². The quantitative estimate of drug-likeness (QED) is 0.906. The van der Waals surface area contributed by atoms with Gasteiger partial charge in [-0.1, -0.05) is 24.3 Å². The number of rotatable bonds is 3. The van der Waals surface area contributed by atoms with Gasteiger partial charge in [0.05, 0.1) is 6.04 Å². The van der Waals surface area contributed by atoms with Gasteiger partial charge in [-0.25, -0.2) is 4.39 Å². The molecule has 1 atom stereocenters. The summed E-state index contributed by atoms with van der Waals surface area (Å²) in [5.74, 6) is 0.320. The van der Waals surface area contributed by atoms with Crippen LogP contribution < -0.4 is 10.1 Å². The van der Waals surface area contributed by atoms with Crippen LogP contribution in [0.1, 0.15) is 12.0 Å². The Bertz CT molecular complexity index is 570. The van der Waals surface area contributed by atoms with Crippen molar-refractivity contribution in [3.8, 4) is 5.75 Å². The average molecular weight is 257 g/mol. The van der Waals surface area contributed by atoms with Crippen LogP contribution in [0.3, 0.4) is 0 Å². The van der Waals surface area contributed by atoms with Gasteiger partial charge in [0.2, 0.25) is 0 Å². The normalized spacial score (nSPS) is 17.4. The van der Waals surface area contributed by atoms with Gasteiger partial charge >= 0.3 is 0 Å². The SMILES string of the molecule is Fc1cccc(OCC2CCc3ccccc3N2)c1. The monoisotopic (exact) mass is 257 g/mol. The van der Waals surface area contributed by atoms with Crippen molar-refractivity contribution in [2.24, 2.45) is 0 Å². The number of fused-ring (bicyclic) bond motifs is 1. The molecule has 3 rings (SSSR count). The lowest BCUT2D eigenvalue weighted by atomic mass is 9.99. The van der Waals surface area contributed by atoms with Crippen molar-refractivity contribution >= 4 is 5.69 Å². The molecule has 0 aromatic heterocycles. The van der Waals surface area contributed by atoms with Crippen LogP contribution >= 0.6 is 0 Å². The number of halogens is 1. The van der Waals surface area contributed by atoms with Gasteiger partial charge in [-0.15, -0.1) is 0 Å². The molecule has 0 aliphatic carbocycles. The summed E-state index contributed by atoms with van der Waals surface area (Å²) in [6, 6.07) is 14.9. The van der Waals surface area contributed by atoms with E-state index < -0.39 is 0 Å². The Morgan fingerprint density at radius 1 is 1.16 bits per heavy atom. The molecular formula is C16H16FNO. The number of aryl methyl sites for hydroxylation is 1. The number of anilines is 1. The van der Waals surface area contributed by atoms with Gasteiger partial charge in [-0.05, 0) is 36.6 Å². The molecule has 19 heavy (non-hydrogen) atoms. The molecule has 2 aromatic rings. The number of nitrogens with one attached hydrogen (secondary N) is 1. The maximum Gasteiger partial charge on any atom is 0.126 e. The second kappa shape index (κ2) is 5.31. The van der Waals surface area contributed by atoms with Crippen LogP contribution in [-0.2, 0) is 6.42 Å².